The van der Waals surface area contributed by atoms with E-state index >= 15 is 0 Å². The summed E-state index contributed by atoms with van der Waals surface area (Å²) in [5.41, 5.74) is 0.986. The molecule has 0 radical (unpaired) electrons. The predicted molar refractivity (Wildman–Crippen MR) is 82.0 cm³/mol. The molecule has 1 saturated carbocycles. The Labute approximate surface area is 122 Å². The largest absolute Gasteiger partial charge is 0.378 e. The monoisotopic (exact) mass is 277 g/mol. The van der Waals surface area contributed by atoms with Gasteiger partial charge in [0, 0.05) is 25.6 Å². The van der Waals surface area contributed by atoms with E-state index in [2.05, 4.69) is 12.2 Å². The Morgan fingerprint density at radius 2 is 1.95 bits per heavy atom. The van der Waals surface area contributed by atoms with Crippen molar-refractivity contribution in [3.05, 3.63) is 17.6 Å². The lowest BCUT2D eigenvalue weighted by atomic mass is 9.99. The van der Waals surface area contributed by atoms with E-state index in [-0.39, 0.29) is 0 Å². The molecule has 1 fully saturated rings. The third-order valence-electron chi connectivity index (χ3n) is 3.87. The summed E-state index contributed by atoms with van der Waals surface area (Å²) in [6.45, 7) is 3.67. The third kappa shape index (κ3) is 4.44. The number of nitrogens with one attached hydrogen (secondary N) is 1. The first kappa shape index (κ1) is 15.2. The van der Waals surface area contributed by atoms with Gasteiger partial charge in [0.05, 0.1) is 12.3 Å². The zero-order chi connectivity index (χ0) is 14.2. The molecule has 0 aromatic carbocycles. The van der Waals surface area contributed by atoms with Crippen LogP contribution in [-0.2, 0) is 11.3 Å². The first-order chi connectivity index (χ1) is 9.83. The van der Waals surface area contributed by atoms with Crippen LogP contribution in [0.25, 0.3) is 0 Å². The molecule has 4 nitrogen and oxygen atoms in total. The maximum Gasteiger partial charge on any atom is 0.134 e. The molecule has 1 aliphatic rings. The minimum absolute atomic E-state index is 0.525. The molecule has 112 valence electrons. The van der Waals surface area contributed by atoms with Crippen molar-refractivity contribution in [1.29, 1.82) is 0 Å². The Balaban J connectivity index is 2.17. The molecule has 1 aromatic rings. The van der Waals surface area contributed by atoms with Crippen molar-refractivity contribution in [2.75, 3.05) is 19.0 Å². The smallest absolute Gasteiger partial charge is 0.134 e. The van der Waals surface area contributed by atoms with E-state index in [0.717, 1.165) is 30.3 Å². The van der Waals surface area contributed by atoms with Crippen LogP contribution in [-0.4, -0.2) is 23.6 Å². The van der Waals surface area contributed by atoms with Crippen molar-refractivity contribution in [2.45, 2.75) is 64.4 Å². The molecule has 1 N–H and O–H groups in total. The van der Waals surface area contributed by atoms with Crippen molar-refractivity contribution >= 4 is 5.82 Å². The maximum absolute atomic E-state index is 5.24. The summed E-state index contributed by atoms with van der Waals surface area (Å²) in [5, 5.41) is 3.38. The van der Waals surface area contributed by atoms with Gasteiger partial charge in [0.2, 0.25) is 0 Å². The van der Waals surface area contributed by atoms with Crippen LogP contribution in [0, 0.1) is 0 Å². The minimum atomic E-state index is 0.525. The number of nitrogens with zero attached hydrogens (tertiary/aromatic N) is 2. The molecule has 20 heavy (non-hydrogen) atoms. The van der Waals surface area contributed by atoms with Crippen molar-refractivity contribution in [2.24, 2.45) is 0 Å². The Bertz CT molecular complexity index is 401. The zero-order valence-corrected chi connectivity index (χ0v) is 12.8. The predicted octanol–water partition coefficient (Wildman–Crippen LogP) is 3.88. The second-order valence-electron chi connectivity index (χ2n) is 5.65. The Hall–Kier alpha value is -1.16. The Morgan fingerprint density at radius 3 is 2.60 bits per heavy atom. The van der Waals surface area contributed by atoms with E-state index in [1.807, 2.05) is 6.07 Å². The van der Waals surface area contributed by atoms with Crippen LogP contribution < -0.4 is 5.32 Å². The topological polar surface area (TPSA) is 47.0 Å². The normalized spacial score (nSPS) is 16.9. The zero-order valence-electron chi connectivity index (χ0n) is 12.8. The van der Waals surface area contributed by atoms with Gasteiger partial charge < -0.3 is 10.1 Å². The molecule has 0 bridgehead atoms. The number of hydrogen-bond acceptors (Lipinski definition) is 4. The quantitative estimate of drug-likeness (QED) is 0.802. The Kier molecular flexibility index (Phi) is 6.25. The number of methoxy groups -OCH3 is 1. The fourth-order valence-electron chi connectivity index (χ4n) is 2.80. The molecule has 0 aliphatic heterocycles. The average Bonchev–Trinajstić information content (AvgIpc) is 2.74. The molecule has 1 aromatic heterocycles. The van der Waals surface area contributed by atoms with Crippen LogP contribution in [0.3, 0.4) is 0 Å². The van der Waals surface area contributed by atoms with Crippen LogP contribution >= 0.6 is 0 Å². The van der Waals surface area contributed by atoms with Crippen molar-refractivity contribution in [3.8, 4) is 0 Å². The van der Waals surface area contributed by atoms with Crippen LogP contribution in [0.5, 0.6) is 0 Å². The van der Waals surface area contributed by atoms with Crippen LogP contribution in [0.15, 0.2) is 6.07 Å². The van der Waals surface area contributed by atoms with E-state index in [9.17, 15) is 0 Å². The summed E-state index contributed by atoms with van der Waals surface area (Å²) in [6, 6.07) is 2.01. The average molecular weight is 277 g/mol. The van der Waals surface area contributed by atoms with Crippen molar-refractivity contribution in [1.82, 2.24) is 9.97 Å². The van der Waals surface area contributed by atoms with Gasteiger partial charge in [-0.3, -0.25) is 0 Å². The van der Waals surface area contributed by atoms with E-state index in [4.69, 9.17) is 14.7 Å². The van der Waals surface area contributed by atoms with Gasteiger partial charge in [0.1, 0.15) is 11.6 Å². The van der Waals surface area contributed by atoms with Gasteiger partial charge in [0.15, 0.2) is 0 Å². The number of anilines is 1. The molecule has 1 heterocycles. The third-order valence-corrected chi connectivity index (χ3v) is 3.87. The highest BCUT2D eigenvalue weighted by atomic mass is 16.5. The molecular formula is C16H27N3O. The SMILES string of the molecule is CCCNc1cc(COC)nc(C2CCCCCC2)n1. The maximum atomic E-state index is 5.24. The van der Waals surface area contributed by atoms with Gasteiger partial charge in [-0.2, -0.15) is 0 Å². The number of ether oxygens (including phenoxy) is 1. The highest BCUT2D eigenvalue weighted by Gasteiger charge is 2.18. The summed E-state index contributed by atoms with van der Waals surface area (Å²) >= 11 is 0. The fourth-order valence-corrected chi connectivity index (χ4v) is 2.80. The van der Waals surface area contributed by atoms with E-state index in [1.165, 1.54) is 38.5 Å². The van der Waals surface area contributed by atoms with Gasteiger partial charge in [-0.15, -0.1) is 0 Å². The summed E-state index contributed by atoms with van der Waals surface area (Å²) in [6.07, 6.45) is 8.88. The number of hydrogen-bond donors (Lipinski definition) is 1. The number of rotatable bonds is 6. The van der Waals surface area contributed by atoms with Crippen LogP contribution in [0.2, 0.25) is 0 Å². The van der Waals surface area contributed by atoms with E-state index < -0.39 is 0 Å². The van der Waals surface area contributed by atoms with E-state index in [0.29, 0.717) is 12.5 Å². The molecule has 4 heteroatoms. The van der Waals surface area contributed by atoms with Crippen LogP contribution in [0.1, 0.15) is 69.3 Å². The molecule has 1 aliphatic carbocycles. The second-order valence-corrected chi connectivity index (χ2v) is 5.65. The minimum Gasteiger partial charge on any atom is -0.378 e. The van der Waals surface area contributed by atoms with Gasteiger partial charge in [-0.05, 0) is 19.3 Å². The molecular weight excluding hydrogens is 250 g/mol. The van der Waals surface area contributed by atoms with Gasteiger partial charge in [0.25, 0.3) is 0 Å². The molecule has 0 spiro atoms. The summed E-state index contributed by atoms with van der Waals surface area (Å²) in [5.74, 6) is 2.49. The standard InChI is InChI=1S/C16H27N3O/c1-3-10-17-15-11-14(12-20-2)18-16(19-15)13-8-6-4-5-7-9-13/h11,13H,3-10,12H2,1-2H3,(H,17,18,19). The van der Waals surface area contributed by atoms with Crippen molar-refractivity contribution < 1.29 is 4.74 Å². The van der Waals surface area contributed by atoms with Gasteiger partial charge in [-0.1, -0.05) is 32.6 Å². The molecule has 2 rings (SSSR count). The van der Waals surface area contributed by atoms with Gasteiger partial charge in [-0.25, -0.2) is 9.97 Å². The lowest BCUT2D eigenvalue weighted by Crippen LogP contribution is -2.11. The molecule has 0 atom stereocenters. The second kappa shape index (κ2) is 8.20. The summed E-state index contributed by atoms with van der Waals surface area (Å²) in [4.78, 5) is 9.46. The first-order valence-electron chi connectivity index (χ1n) is 7.94. The van der Waals surface area contributed by atoms with Crippen LogP contribution in [0.4, 0.5) is 5.82 Å². The number of aromatic nitrogens is 2. The summed E-state index contributed by atoms with van der Waals surface area (Å²) in [7, 11) is 1.71. The van der Waals surface area contributed by atoms with E-state index in [1.54, 1.807) is 7.11 Å². The lowest BCUT2D eigenvalue weighted by Gasteiger charge is -2.15. The van der Waals surface area contributed by atoms with Crippen molar-refractivity contribution in [3.63, 3.8) is 0 Å². The first-order valence-corrected chi connectivity index (χ1v) is 7.94. The highest BCUT2D eigenvalue weighted by molar-refractivity contribution is 5.36. The van der Waals surface area contributed by atoms with Gasteiger partial charge >= 0.3 is 0 Å². The molecule has 0 unspecified atom stereocenters. The highest BCUT2D eigenvalue weighted by Crippen LogP contribution is 2.30. The molecule has 0 saturated heterocycles. The fraction of sp³-hybridized carbons (Fsp3) is 0.750. The lowest BCUT2D eigenvalue weighted by molar-refractivity contribution is 0.181. The summed E-state index contributed by atoms with van der Waals surface area (Å²) < 4.78 is 5.24. The molecule has 0 amide bonds. The Morgan fingerprint density at radius 1 is 1.20 bits per heavy atom.